The lowest BCUT2D eigenvalue weighted by Gasteiger charge is -2.31. The van der Waals surface area contributed by atoms with Crippen molar-refractivity contribution in [3.05, 3.63) is 72.4 Å². The van der Waals surface area contributed by atoms with Crippen LogP contribution >= 0.6 is 0 Å². The number of ether oxygens (including phenoxy) is 1. The smallest absolute Gasteiger partial charge is 0.223 e. The van der Waals surface area contributed by atoms with E-state index in [4.69, 9.17) is 4.74 Å². The summed E-state index contributed by atoms with van der Waals surface area (Å²) in [6.45, 7) is 2.24. The molecule has 2 N–H and O–H groups in total. The number of nitrogens with zero attached hydrogens (tertiary/aromatic N) is 3. The van der Waals surface area contributed by atoms with Gasteiger partial charge in [-0.3, -0.25) is 4.79 Å². The number of carbonyl (C=O) groups excluding carboxylic acids is 1. The molecule has 5 rings (SSSR count). The monoisotopic (exact) mass is 455 g/mol. The second-order valence-electron chi connectivity index (χ2n) is 8.64. The molecule has 0 spiro atoms. The molecule has 1 aliphatic rings. The number of benzene rings is 2. The first-order chi connectivity index (χ1) is 16.7. The summed E-state index contributed by atoms with van der Waals surface area (Å²) in [6, 6.07) is 20.0. The van der Waals surface area contributed by atoms with Gasteiger partial charge in [-0.25, -0.2) is 0 Å². The van der Waals surface area contributed by atoms with E-state index < -0.39 is 0 Å². The van der Waals surface area contributed by atoms with E-state index in [2.05, 4.69) is 37.5 Å². The topological polar surface area (TPSA) is 83.1 Å². The van der Waals surface area contributed by atoms with Gasteiger partial charge in [-0.2, -0.15) is 0 Å². The second-order valence-corrected chi connectivity index (χ2v) is 8.64. The van der Waals surface area contributed by atoms with Gasteiger partial charge in [0, 0.05) is 48.2 Å². The van der Waals surface area contributed by atoms with Crippen molar-refractivity contribution in [2.24, 2.45) is 5.92 Å². The highest BCUT2D eigenvalue weighted by atomic mass is 16.5. The van der Waals surface area contributed by atoms with Crippen LogP contribution in [0.5, 0.6) is 5.75 Å². The summed E-state index contributed by atoms with van der Waals surface area (Å²) in [7, 11) is 1.66. The predicted molar refractivity (Wildman–Crippen MR) is 134 cm³/mol. The molecular formula is C27H29N5O2. The molecule has 2 aromatic carbocycles. The van der Waals surface area contributed by atoms with Crippen molar-refractivity contribution in [3.63, 3.8) is 0 Å². The SMILES string of the molecule is COc1ccccc1-c1ccc(N2CCC(C(=O)NCCc3c[nH]c4ccccc34)CC2)nn1. The summed E-state index contributed by atoms with van der Waals surface area (Å²) in [5.74, 6) is 1.81. The predicted octanol–water partition coefficient (Wildman–Crippen LogP) is 4.21. The lowest BCUT2D eigenvalue weighted by molar-refractivity contribution is -0.125. The standard InChI is InChI=1S/C27H29N5O2/c1-34-25-9-5-3-7-22(25)24-10-11-26(31-30-24)32-16-13-19(14-17-32)27(33)28-15-12-20-18-29-23-8-4-2-6-21(20)23/h2-11,18-19,29H,12-17H2,1H3,(H,28,33). The maximum atomic E-state index is 12.7. The second kappa shape index (κ2) is 9.95. The number of aromatic amines is 1. The van der Waals surface area contributed by atoms with Crippen LogP contribution in [-0.2, 0) is 11.2 Å². The molecule has 0 radical (unpaired) electrons. The van der Waals surface area contributed by atoms with E-state index in [1.54, 1.807) is 7.11 Å². The summed E-state index contributed by atoms with van der Waals surface area (Å²) in [4.78, 5) is 18.2. The first-order valence-electron chi connectivity index (χ1n) is 11.8. The van der Waals surface area contributed by atoms with Gasteiger partial charge in [0.15, 0.2) is 5.82 Å². The number of nitrogens with one attached hydrogen (secondary N) is 2. The fourth-order valence-electron chi connectivity index (χ4n) is 4.67. The summed E-state index contributed by atoms with van der Waals surface area (Å²) in [5.41, 5.74) is 4.08. The van der Waals surface area contributed by atoms with Crippen molar-refractivity contribution in [2.75, 3.05) is 31.6 Å². The number of anilines is 1. The van der Waals surface area contributed by atoms with E-state index in [1.807, 2.05) is 54.7 Å². The quantitative estimate of drug-likeness (QED) is 0.436. The minimum Gasteiger partial charge on any atom is -0.496 e. The Bertz CT molecular complexity index is 1260. The van der Waals surface area contributed by atoms with E-state index in [1.165, 1.54) is 10.9 Å². The van der Waals surface area contributed by atoms with E-state index in [0.717, 1.165) is 60.7 Å². The Morgan fingerprint density at radius 3 is 2.65 bits per heavy atom. The number of hydrogen-bond acceptors (Lipinski definition) is 5. The van der Waals surface area contributed by atoms with Gasteiger partial charge in [0.1, 0.15) is 5.75 Å². The molecule has 1 amide bonds. The first-order valence-corrected chi connectivity index (χ1v) is 11.8. The van der Waals surface area contributed by atoms with Crippen LogP contribution in [0.2, 0.25) is 0 Å². The summed E-state index contributed by atoms with van der Waals surface area (Å²) >= 11 is 0. The molecular weight excluding hydrogens is 426 g/mol. The highest BCUT2D eigenvalue weighted by molar-refractivity contribution is 5.83. The molecule has 3 heterocycles. The Labute approximate surface area is 199 Å². The Kier molecular flexibility index (Phi) is 6.42. The lowest BCUT2D eigenvalue weighted by atomic mass is 9.96. The molecule has 4 aromatic rings. The molecule has 1 saturated heterocycles. The van der Waals surface area contributed by atoms with Crippen LogP contribution < -0.4 is 15.0 Å². The van der Waals surface area contributed by atoms with Gasteiger partial charge in [0.2, 0.25) is 5.91 Å². The number of aromatic nitrogens is 3. The summed E-state index contributed by atoms with van der Waals surface area (Å²) in [5, 5.41) is 13.2. The number of carbonyl (C=O) groups is 1. The Morgan fingerprint density at radius 1 is 1.06 bits per heavy atom. The molecule has 0 atom stereocenters. The van der Waals surface area contributed by atoms with Crippen molar-refractivity contribution in [3.8, 4) is 17.0 Å². The lowest BCUT2D eigenvalue weighted by Crippen LogP contribution is -2.41. The third-order valence-electron chi connectivity index (χ3n) is 6.59. The zero-order valence-corrected chi connectivity index (χ0v) is 19.3. The third kappa shape index (κ3) is 4.59. The minimum absolute atomic E-state index is 0.0417. The van der Waals surface area contributed by atoms with Crippen molar-refractivity contribution >= 4 is 22.6 Å². The van der Waals surface area contributed by atoms with Crippen LogP contribution in [0, 0.1) is 5.92 Å². The Hall–Kier alpha value is -3.87. The number of methoxy groups -OCH3 is 1. The minimum atomic E-state index is 0.0417. The number of fused-ring (bicyclic) bond motifs is 1. The Balaban J connectivity index is 1.12. The molecule has 1 fully saturated rings. The van der Waals surface area contributed by atoms with Crippen LogP contribution in [0.25, 0.3) is 22.2 Å². The molecule has 7 nitrogen and oxygen atoms in total. The van der Waals surface area contributed by atoms with Crippen molar-refractivity contribution in [1.82, 2.24) is 20.5 Å². The summed E-state index contributed by atoms with van der Waals surface area (Å²) in [6.07, 6.45) is 4.49. The van der Waals surface area contributed by atoms with E-state index >= 15 is 0 Å². The molecule has 7 heteroatoms. The van der Waals surface area contributed by atoms with Crippen molar-refractivity contribution < 1.29 is 9.53 Å². The van der Waals surface area contributed by atoms with E-state index in [-0.39, 0.29) is 11.8 Å². The van der Waals surface area contributed by atoms with Gasteiger partial charge in [0.05, 0.1) is 12.8 Å². The molecule has 0 saturated carbocycles. The van der Waals surface area contributed by atoms with E-state index in [9.17, 15) is 4.79 Å². The largest absolute Gasteiger partial charge is 0.496 e. The maximum Gasteiger partial charge on any atom is 0.223 e. The highest BCUT2D eigenvalue weighted by Gasteiger charge is 2.25. The van der Waals surface area contributed by atoms with Gasteiger partial charge in [-0.1, -0.05) is 30.3 Å². The fourth-order valence-corrected chi connectivity index (χ4v) is 4.67. The van der Waals surface area contributed by atoms with Gasteiger partial charge < -0.3 is 19.9 Å². The maximum absolute atomic E-state index is 12.7. The summed E-state index contributed by atoms with van der Waals surface area (Å²) < 4.78 is 5.43. The molecule has 0 bridgehead atoms. The molecule has 174 valence electrons. The number of amides is 1. The number of hydrogen-bond donors (Lipinski definition) is 2. The first kappa shape index (κ1) is 21.9. The van der Waals surface area contributed by atoms with Gasteiger partial charge in [-0.05, 0) is 55.2 Å². The van der Waals surface area contributed by atoms with Gasteiger partial charge in [-0.15, -0.1) is 10.2 Å². The van der Waals surface area contributed by atoms with Crippen LogP contribution in [0.1, 0.15) is 18.4 Å². The molecule has 0 aliphatic carbocycles. The molecule has 34 heavy (non-hydrogen) atoms. The zero-order valence-electron chi connectivity index (χ0n) is 19.3. The zero-order chi connectivity index (χ0) is 23.3. The van der Waals surface area contributed by atoms with Crippen LogP contribution in [0.15, 0.2) is 66.9 Å². The molecule has 0 unspecified atom stereocenters. The fraction of sp³-hybridized carbons (Fsp3) is 0.296. The average Bonchev–Trinajstić information content (AvgIpc) is 3.32. The van der Waals surface area contributed by atoms with Gasteiger partial charge in [0.25, 0.3) is 0 Å². The molecule has 2 aromatic heterocycles. The van der Waals surface area contributed by atoms with Gasteiger partial charge >= 0.3 is 0 Å². The number of para-hydroxylation sites is 2. The van der Waals surface area contributed by atoms with Crippen LogP contribution in [0.3, 0.4) is 0 Å². The Morgan fingerprint density at radius 2 is 1.85 bits per heavy atom. The van der Waals surface area contributed by atoms with E-state index in [0.29, 0.717) is 6.54 Å². The van der Waals surface area contributed by atoms with Crippen molar-refractivity contribution in [2.45, 2.75) is 19.3 Å². The normalized spacial score (nSPS) is 14.3. The van der Waals surface area contributed by atoms with Crippen LogP contribution in [-0.4, -0.2) is 47.8 Å². The van der Waals surface area contributed by atoms with Crippen molar-refractivity contribution in [1.29, 1.82) is 0 Å². The highest BCUT2D eigenvalue weighted by Crippen LogP contribution is 2.29. The third-order valence-corrected chi connectivity index (χ3v) is 6.59. The number of H-pyrrole nitrogens is 1. The molecule has 1 aliphatic heterocycles. The average molecular weight is 456 g/mol. The van der Waals surface area contributed by atoms with Crippen LogP contribution in [0.4, 0.5) is 5.82 Å². The number of piperidine rings is 1. The number of rotatable bonds is 7.